The van der Waals surface area contributed by atoms with Gasteiger partial charge in [-0.25, -0.2) is 4.79 Å². The fourth-order valence-corrected chi connectivity index (χ4v) is 4.41. The second-order valence-electron chi connectivity index (χ2n) is 7.80. The minimum atomic E-state index is -0.461. The molecule has 6 heteroatoms. The first kappa shape index (κ1) is 16.0. The van der Waals surface area contributed by atoms with Crippen LogP contribution in [0.2, 0.25) is 0 Å². The maximum absolute atomic E-state index is 12.4. The minimum absolute atomic E-state index is 0.161. The van der Waals surface area contributed by atoms with E-state index >= 15 is 0 Å². The molecule has 0 aromatic heterocycles. The van der Waals surface area contributed by atoms with E-state index in [1.54, 1.807) is 0 Å². The zero-order chi connectivity index (χ0) is 16.1. The number of carbonyl (C=O) groups is 2. The molecule has 0 saturated carbocycles. The molecule has 2 amide bonds. The van der Waals surface area contributed by atoms with Crippen molar-refractivity contribution in [3.8, 4) is 0 Å². The average molecular weight is 326 g/mol. The third-order valence-electron chi connectivity index (χ3n) is 4.89. The predicted molar refractivity (Wildman–Crippen MR) is 87.0 cm³/mol. The Labute approximate surface area is 137 Å². The molecule has 0 aliphatic carbocycles. The average Bonchev–Trinajstić information content (AvgIpc) is 2.84. The van der Waals surface area contributed by atoms with Crippen molar-refractivity contribution in [2.75, 3.05) is 6.54 Å². The van der Waals surface area contributed by atoms with Gasteiger partial charge in [0.25, 0.3) is 0 Å². The predicted octanol–water partition coefficient (Wildman–Crippen LogP) is 2.45. The molecule has 3 saturated heterocycles. The number of fused-ring (bicyclic) bond motifs is 2. The van der Waals surface area contributed by atoms with Crippen LogP contribution in [0, 0.1) is 0 Å². The summed E-state index contributed by atoms with van der Waals surface area (Å²) in [5.41, 5.74) is -0.461. The smallest absolute Gasteiger partial charge is 0.410 e. The SMILES string of the molecule is CC(C)(C)OC(=O)N1[C@@H]2CC[C@H]1CC(N1CC(S)CC1=O)C2. The Kier molecular flexibility index (Phi) is 4.08. The molecule has 3 fully saturated rings. The molecule has 4 atom stereocenters. The number of rotatable bonds is 1. The Morgan fingerprint density at radius 2 is 1.77 bits per heavy atom. The molecule has 5 nitrogen and oxygen atoms in total. The molecule has 0 N–H and O–H groups in total. The number of hydrogen-bond donors (Lipinski definition) is 1. The van der Waals surface area contributed by atoms with Gasteiger partial charge in [0.05, 0.1) is 0 Å². The molecule has 0 radical (unpaired) electrons. The van der Waals surface area contributed by atoms with Gasteiger partial charge in [-0.3, -0.25) is 4.79 Å². The lowest BCUT2D eigenvalue weighted by Gasteiger charge is -2.42. The maximum Gasteiger partial charge on any atom is 0.410 e. The highest BCUT2D eigenvalue weighted by atomic mass is 32.1. The lowest BCUT2D eigenvalue weighted by Crippen LogP contribution is -2.53. The molecular formula is C16H26N2O3S. The van der Waals surface area contributed by atoms with Crippen LogP contribution in [0.25, 0.3) is 0 Å². The number of amides is 2. The highest BCUT2D eigenvalue weighted by molar-refractivity contribution is 7.81. The molecular weight excluding hydrogens is 300 g/mol. The number of ether oxygens (including phenoxy) is 1. The first-order valence-electron chi connectivity index (χ1n) is 8.23. The van der Waals surface area contributed by atoms with Crippen LogP contribution in [0.3, 0.4) is 0 Å². The molecule has 3 rings (SSSR count). The van der Waals surface area contributed by atoms with Gasteiger partial charge in [0, 0.05) is 36.3 Å². The summed E-state index contributed by atoms with van der Waals surface area (Å²) >= 11 is 4.44. The van der Waals surface area contributed by atoms with Crippen LogP contribution in [0.15, 0.2) is 0 Å². The van der Waals surface area contributed by atoms with Crippen LogP contribution < -0.4 is 0 Å². The van der Waals surface area contributed by atoms with E-state index in [0.29, 0.717) is 6.42 Å². The van der Waals surface area contributed by atoms with E-state index < -0.39 is 5.60 Å². The first-order chi connectivity index (χ1) is 10.2. The van der Waals surface area contributed by atoms with Gasteiger partial charge in [-0.1, -0.05) is 0 Å². The van der Waals surface area contributed by atoms with E-state index in [1.165, 1.54) is 0 Å². The monoisotopic (exact) mass is 326 g/mol. The third-order valence-corrected chi connectivity index (χ3v) is 5.24. The van der Waals surface area contributed by atoms with Crippen molar-refractivity contribution in [1.29, 1.82) is 0 Å². The number of carbonyl (C=O) groups excluding carboxylic acids is 2. The Balaban J connectivity index is 1.67. The Morgan fingerprint density at radius 3 is 2.23 bits per heavy atom. The molecule has 3 heterocycles. The maximum atomic E-state index is 12.4. The molecule has 3 aliphatic rings. The molecule has 2 unspecified atom stereocenters. The number of thiol groups is 1. The van der Waals surface area contributed by atoms with Crippen LogP contribution >= 0.6 is 12.6 Å². The fraction of sp³-hybridized carbons (Fsp3) is 0.875. The van der Waals surface area contributed by atoms with Gasteiger partial charge in [-0.05, 0) is 46.5 Å². The van der Waals surface area contributed by atoms with Gasteiger partial charge in [-0.15, -0.1) is 0 Å². The second kappa shape index (κ2) is 5.62. The van der Waals surface area contributed by atoms with Crippen molar-refractivity contribution in [1.82, 2.24) is 9.80 Å². The van der Waals surface area contributed by atoms with Gasteiger partial charge >= 0.3 is 6.09 Å². The summed E-state index contributed by atoms with van der Waals surface area (Å²) in [7, 11) is 0. The van der Waals surface area contributed by atoms with Crippen LogP contribution in [-0.2, 0) is 9.53 Å². The van der Waals surface area contributed by atoms with E-state index in [1.807, 2.05) is 30.6 Å². The first-order valence-corrected chi connectivity index (χ1v) is 8.75. The summed E-state index contributed by atoms with van der Waals surface area (Å²) in [5.74, 6) is 0.218. The quantitative estimate of drug-likeness (QED) is 0.753. The third kappa shape index (κ3) is 3.07. The van der Waals surface area contributed by atoms with Crippen LogP contribution in [0.4, 0.5) is 4.79 Å². The second-order valence-corrected chi connectivity index (χ2v) is 8.53. The van der Waals surface area contributed by atoms with E-state index in [2.05, 4.69) is 12.6 Å². The van der Waals surface area contributed by atoms with Crippen molar-refractivity contribution in [3.05, 3.63) is 0 Å². The molecule has 0 spiro atoms. The minimum Gasteiger partial charge on any atom is -0.444 e. The topological polar surface area (TPSA) is 49.9 Å². The standard InChI is InChI=1S/C16H26N2O3S/c1-16(2,3)21-15(20)18-10-4-5-11(18)7-12(6-10)17-9-13(22)8-14(17)19/h10-13,22H,4-9H2,1-3H3/t10-,11+,12?,13?. The number of nitrogens with zero attached hydrogens (tertiary/aromatic N) is 2. The van der Waals surface area contributed by atoms with Gasteiger partial charge in [0.15, 0.2) is 0 Å². The van der Waals surface area contributed by atoms with Crippen molar-refractivity contribution < 1.29 is 14.3 Å². The Morgan fingerprint density at radius 1 is 1.18 bits per heavy atom. The molecule has 124 valence electrons. The summed E-state index contributed by atoms with van der Waals surface area (Å²) < 4.78 is 5.55. The van der Waals surface area contributed by atoms with Crippen LogP contribution in [0.5, 0.6) is 0 Å². The Bertz CT molecular complexity index is 463. The van der Waals surface area contributed by atoms with Crippen molar-refractivity contribution in [2.45, 2.75) is 81.9 Å². The van der Waals surface area contributed by atoms with Crippen LogP contribution in [0.1, 0.15) is 52.9 Å². The fourth-order valence-electron chi connectivity index (χ4n) is 4.08. The zero-order valence-corrected chi connectivity index (χ0v) is 14.5. The van der Waals surface area contributed by atoms with E-state index in [9.17, 15) is 9.59 Å². The van der Waals surface area contributed by atoms with Crippen molar-refractivity contribution in [3.63, 3.8) is 0 Å². The van der Waals surface area contributed by atoms with E-state index in [4.69, 9.17) is 4.74 Å². The largest absolute Gasteiger partial charge is 0.444 e. The number of hydrogen-bond acceptors (Lipinski definition) is 4. The molecule has 3 aliphatic heterocycles. The summed E-state index contributed by atoms with van der Waals surface area (Å²) in [6.07, 6.45) is 4.15. The lowest BCUT2D eigenvalue weighted by molar-refractivity contribution is -0.130. The van der Waals surface area contributed by atoms with E-state index in [0.717, 1.165) is 32.2 Å². The zero-order valence-electron chi connectivity index (χ0n) is 13.6. The summed E-state index contributed by atoms with van der Waals surface area (Å²) in [5, 5.41) is 0.161. The summed E-state index contributed by atoms with van der Waals surface area (Å²) in [4.78, 5) is 28.4. The number of likely N-dealkylation sites (tertiary alicyclic amines) is 1. The highest BCUT2D eigenvalue weighted by Gasteiger charge is 2.47. The van der Waals surface area contributed by atoms with Crippen molar-refractivity contribution in [2.24, 2.45) is 0 Å². The molecule has 2 bridgehead atoms. The normalized spacial score (nSPS) is 35.2. The summed E-state index contributed by atoms with van der Waals surface area (Å²) in [6, 6.07) is 0.691. The molecule has 22 heavy (non-hydrogen) atoms. The molecule has 0 aromatic carbocycles. The van der Waals surface area contributed by atoms with Gasteiger partial charge in [-0.2, -0.15) is 12.6 Å². The summed E-state index contributed by atoms with van der Waals surface area (Å²) in [6.45, 7) is 6.44. The lowest BCUT2D eigenvalue weighted by atomic mass is 9.96. The van der Waals surface area contributed by atoms with Crippen molar-refractivity contribution >= 4 is 24.6 Å². The Hall–Kier alpha value is -0.910. The molecule has 0 aromatic rings. The number of piperidine rings is 1. The highest BCUT2D eigenvalue weighted by Crippen LogP contribution is 2.39. The van der Waals surface area contributed by atoms with Crippen LogP contribution in [-0.4, -0.2) is 57.3 Å². The van der Waals surface area contributed by atoms with E-state index in [-0.39, 0.29) is 35.4 Å². The van der Waals surface area contributed by atoms with Gasteiger partial charge in [0.1, 0.15) is 5.60 Å². The van der Waals surface area contributed by atoms with Gasteiger partial charge in [0.2, 0.25) is 5.91 Å². The van der Waals surface area contributed by atoms with Gasteiger partial charge < -0.3 is 14.5 Å².